The summed E-state index contributed by atoms with van der Waals surface area (Å²) in [5.41, 5.74) is 2.19. The molecule has 1 aliphatic rings. The highest BCUT2D eigenvalue weighted by molar-refractivity contribution is 7.89. The van der Waals surface area contributed by atoms with E-state index >= 15 is 0 Å². The lowest BCUT2D eigenvalue weighted by atomic mass is 9.90. The summed E-state index contributed by atoms with van der Waals surface area (Å²) >= 11 is 0. The van der Waals surface area contributed by atoms with E-state index in [1.54, 1.807) is 6.07 Å². The fourth-order valence-electron chi connectivity index (χ4n) is 2.96. The molecule has 0 amide bonds. The Morgan fingerprint density at radius 2 is 1.95 bits per heavy atom. The number of piperidine rings is 1. The van der Waals surface area contributed by atoms with E-state index < -0.39 is 10.0 Å². The highest BCUT2D eigenvalue weighted by atomic mass is 32.2. The monoisotopic (exact) mass is 317 g/mol. The van der Waals surface area contributed by atoms with Crippen LogP contribution in [0.2, 0.25) is 0 Å². The molecule has 1 unspecified atom stereocenters. The van der Waals surface area contributed by atoms with Crippen LogP contribution in [0.4, 0.5) is 5.69 Å². The van der Waals surface area contributed by atoms with E-state index in [-0.39, 0.29) is 5.03 Å². The van der Waals surface area contributed by atoms with Gasteiger partial charge >= 0.3 is 0 Å². The molecule has 2 aromatic rings. The van der Waals surface area contributed by atoms with Crippen molar-refractivity contribution < 1.29 is 8.42 Å². The van der Waals surface area contributed by atoms with Crippen LogP contribution < -0.4 is 10.0 Å². The first-order valence-corrected chi connectivity index (χ1v) is 8.87. The molecule has 5 nitrogen and oxygen atoms in total. The first kappa shape index (κ1) is 15.0. The Morgan fingerprint density at radius 1 is 1.18 bits per heavy atom. The van der Waals surface area contributed by atoms with Gasteiger partial charge in [-0.25, -0.2) is 18.5 Å². The summed E-state index contributed by atoms with van der Waals surface area (Å²) in [6, 6.07) is 13.8. The van der Waals surface area contributed by atoms with Crippen molar-refractivity contribution in [2.75, 3.05) is 18.0 Å². The van der Waals surface area contributed by atoms with Gasteiger partial charge < -0.3 is 4.90 Å². The molecule has 116 valence electrons. The molecule has 0 radical (unpaired) electrons. The first-order valence-electron chi connectivity index (χ1n) is 7.33. The van der Waals surface area contributed by atoms with Gasteiger partial charge in [-0.2, -0.15) is 0 Å². The minimum atomic E-state index is -3.77. The van der Waals surface area contributed by atoms with Crippen molar-refractivity contribution in [2.24, 2.45) is 5.14 Å². The molecule has 0 saturated carbocycles. The number of anilines is 1. The average molecular weight is 317 g/mol. The Kier molecular flexibility index (Phi) is 4.13. The quantitative estimate of drug-likeness (QED) is 0.940. The van der Waals surface area contributed by atoms with Crippen molar-refractivity contribution >= 4 is 15.7 Å². The van der Waals surface area contributed by atoms with Gasteiger partial charge in [0.05, 0.1) is 0 Å². The van der Waals surface area contributed by atoms with Crippen molar-refractivity contribution in [3.05, 3.63) is 54.2 Å². The highest BCUT2D eigenvalue weighted by Gasteiger charge is 2.22. The molecule has 1 aromatic heterocycles. The van der Waals surface area contributed by atoms with E-state index in [1.807, 2.05) is 12.1 Å². The van der Waals surface area contributed by atoms with E-state index in [2.05, 4.69) is 34.1 Å². The van der Waals surface area contributed by atoms with E-state index in [1.165, 1.54) is 11.8 Å². The third-order valence-electron chi connectivity index (χ3n) is 4.07. The number of nitrogens with two attached hydrogens (primary N) is 1. The van der Waals surface area contributed by atoms with Gasteiger partial charge in [-0.3, -0.25) is 0 Å². The van der Waals surface area contributed by atoms with Gasteiger partial charge in [0, 0.05) is 37.0 Å². The molecule has 1 saturated heterocycles. The summed E-state index contributed by atoms with van der Waals surface area (Å²) in [5, 5.41) is 5.09. The van der Waals surface area contributed by atoms with Crippen molar-refractivity contribution in [3.63, 3.8) is 0 Å². The van der Waals surface area contributed by atoms with Crippen LogP contribution in [-0.4, -0.2) is 26.5 Å². The molecule has 1 aromatic carbocycles. The number of aromatic nitrogens is 1. The third kappa shape index (κ3) is 3.28. The Hall–Kier alpha value is -1.92. The number of hydrogen-bond donors (Lipinski definition) is 1. The fourth-order valence-corrected chi connectivity index (χ4v) is 3.45. The minimum Gasteiger partial charge on any atom is -0.371 e. The maximum Gasteiger partial charge on any atom is 0.255 e. The summed E-state index contributed by atoms with van der Waals surface area (Å²) in [6.45, 7) is 1.79. The number of hydrogen-bond acceptors (Lipinski definition) is 4. The van der Waals surface area contributed by atoms with E-state index in [4.69, 9.17) is 5.14 Å². The second kappa shape index (κ2) is 6.06. The molecule has 1 fully saturated rings. The summed E-state index contributed by atoms with van der Waals surface area (Å²) in [6.07, 6.45) is 3.72. The Balaban J connectivity index is 1.83. The number of nitrogens with zero attached hydrogens (tertiary/aromatic N) is 2. The highest BCUT2D eigenvalue weighted by Crippen LogP contribution is 2.30. The molecule has 3 rings (SSSR count). The Morgan fingerprint density at radius 3 is 2.68 bits per heavy atom. The fraction of sp³-hybridized carbons (Fsp3) is 0.312. The second-order valence-electron chi connectivity index (χ2n) is 5.59. The van der Waals surface area contributed by atoms with Crippen LogP contribution in [0.15, 0.2) is 53.7 Å². The number of sulfonamides is 1. The van der Waals surface area contributed by atoms with Crippen LogP contribution in [0.3, 0.4) is 0 Å². The zero-order valence-electron chi connectivity index (χ0n) is 12.2. The predicted molar refractivity (Wildman–Crippen MR) is 86.2 cm³/mol. The number of pyridine rings is 1. The van der Waals surface area contributed by atoms with Gasteiger partial charge in [-0.05, 0) is 24.5 Å². The van der Waals surface area contributed by atoms with Gasteiger partial charge in [-0.15, -0.1) is 0 Å². The Labute approximate surface area is 130 Å². The smallest absolute Gasteiger partial charge is 0.255 e. The molecule has 2 N–H and O–H groups in total. The van der Waals surface area contributed by atoms with Gasteiger partial charge in [0.15, 0.2) is 5.03 Å². The number of benzene rings is 1. The lowest BCUT2D eigenvalue weighted by Gasteiger charge is -2.34. The molecule has 2 heterocycles. The van der Waals surface area contributed by atoms with Crippen LogP contribution in [0.1, 0.15) is 24.3 Å². The predicted octanol–water partition coefficient (Wildman–Crippen LogP) is 2.11. The summed E-state index contributed by atoms with van der Waals surface area (Å²) in [7, 11) is -3.77. The maximum atomic E-state index is 11.5. The van der Waals surface area contributed by atoms with Crippen molar-refractivity contribution in [3.8, 4) is 0 Å². The standard InChI is InChI=1S/C16H19N3O2S/c17-22(20,21)16-11-15(8-9-18-16)19-10-4-7-14(12-19)13-5-2-1-3-6-13/h1-3,5-6,8-9,11,14H,4,7,10,12H2,(H2,17,20,21). The molecule has 6 heteroatoms. The summed E-state index contributed by atoms with van der Waals surface area (Å²) in [5.74, 6) is 0.459. The van der Waals surface area contributed by atoms with Crippen LogP contribution in [-0.2, 0) is 10.0 Å². The van der Waals surface area contributed by atoms with Gasteiger partial charge in [0.25, 0.3) is 10.0 Å². The SMILES string of the molecule is NS(=O)(=O)c1cc(N2CCCC(c3ccccc3)C2)ccn1. The van der Waals surface area contributed by atoms with Crippen molar-refractivity contribution in [1.29, 1.82) is 0 Å². The van der Waals surface area contributed by atoms with Crippen molar-refractivity contribution in [1.82, 2.24) is 4.98 Å². The van der Waals surface area contributed by atoms with Gasteiger partial charge in [0.1, 0.15) is 0 Å². The van der Waals surface area contributed by atoms with Crippen LogP contribution in [0.25, 0.3) is 0 Å². The summed E-state index contributed by atoms with van der Waals surface area (Å²) < 4.78 is 22.9. The van der Waals surface area contributed by atoms with E-state index in [0.717, 1.165) is 31.6 Å². The molecule has 1 aliphatic heterocycles. The molecule has 22 heavy (non-hydrogen) atoms. The molecule has 0 spiro atoms. The van der Waals surface area contributed by atoms with Crippen LogP contribution in [0, 0.1) is 0 Å². The summed E-state index contributed by atoms with van der Waals surface area (Å²) in [4.78, 5) is 6.05. The molecular formula is C16H19N3O2S. The Bertz CT molecular complexity index is 747. The zero-order chi connectivity index (χ0) is 15.6. The topological polar surface area (TPSA) is 76.3 Å². The molecular weight excluding hydrogens is 298 g/mol. The van der Waals surface area contributed by atoms with Crippen LogP contribution in [0.5, 0.6) is 0 Å². The van der Waals surface area contributed by atoms with E-state index in [9.17, 15) is 8.42 Å². The number of rotatable bonds is 3. The molecule has 0 aliphatic carbocycles. The first-order chi connectivity index (χ1) is 10.5. The lowest BCUT2D eigenvalue weighted by molar-refractivity contribution is 0.509. The minimum absolute atomic E-state index is 0.0770. The normalized spacial score (nSPS) is 19.1. The average Bonchev–Trinajstić information content (AvgIpc) is 2.55. The molecule has 1 atom stereocenters. The van der Waals surface area contributed by atoms with E-state index in [0.29, 0.717) is 5.92 Å². The second-order valence-corrected chi connectivity index (χ2v) is 7.10. The zero-order valence-corrected chi connectivity index (χ0v) is 13.0. The van der Waals surface area contributed by atoms with Gasteiger partial charge in [0.2, 0.25) is 0 Å². The molecule has 0 bridgehead atoms. The lowest BCUT2D eigenvalue weighted by Crippen LogP contribution is -2.34. The van der Waals surface area contributed by atoms with Crippen LogP contribution >= 0.6 is 0 Å². The van der Waals surface area contributed by atoms with Gasteiger partial charge in [-0.1, -0.05) is 30.3 Å². The third-order valence-corrected chi connectivity index (χ3v) is 4.87. The van der Waals surface area contributed by atoms with Crippen molar-refractivity contribution in [2.45, 2.75) is 23.8 Å². The number of primary sulfonamides is 1. The maximum absolute atomic E-state index is 11.5. The largest absolute Gasteiger partial charge is 0.371 e.